The van der Waals surface area contributed by atoms with Crippen molar-refractivity contribution in [3.63, 3.8) is 0 Å². The van der Waals surface area contributed by atoms with Crippen molar-refractivity contribution in [3.8, 4) is 0 Å². The van der Waals surface area contributed by atoms with E-state index in [1.54, 1.807) is 23.1 Å². The number of nitrogens with zero attached hydrogens (tertiary/aromatic N) is 4. The lowest BCUT2D eigenvalue weighted by molar-refractivity contribution is 0.0652. The van der Waals surface area contributed by atoms with Gasteiger partial charge in [0.05, 0.1) is 10.7 Å². The molecule has 2 aromatic rings. The van der Waals surface area contributed by atoms with E-state index >= 15 is 0 Å². The van der Waals surface area contributed by atoms with Crippen LogP contribution in [-0.4, -0.2) is 50.2 Å². The first-order valence-corrected chi connectivity index (χ1v) is 7.37. The minimum atomic E-state index is -0.0359. The fraction of sp³-hybridized carbons (Fsp3) is 0.462. The van der Waals surface area contributed by atoms with Gasteiger partial charge in [-0.05, 0) is 34.7 Å². The van der Waals surface area contributed by atoms with Crippen LogP contribution in [0.1, 0.15) is 23.2 Å². The van der Waals surface area contributed by atoms with Crippen LogP contribution in [0.2, 0.25) is 0 Å². The molecule has 1 fully saturated rings. The van der Waals surface area contributed by atoms with Gasteiger partial charge in [0, 0.05) is 32.1 Å². The molecule has 1 aliphatic rings. The van der Waals surface area contributed by atoms with Crippen molar-refractivity contribution < 1.29 is 9.90 Å². The third-order valence-corrected chi connectivity index (χ3v) is 4.12. The van der Waals surface area contributed by atoms with E-state index in [0.717, 1.165) is 17.3 Å². The van der Waals surface area contributed by atoms with E-state index in [4.69, 9.17) is 5.11 Å². The van der Waals surface area contributed by atoms with Gasteiger partial charge in [-0.1, -0.05) is 0 Å². The molecule has 3 rings (SSSR count). The second kappa shape index (κ2) is 5.49. The van der Waals surface area contributed by atoms with E-state index in [2.05, 4.69) is 26.0 Å². The van der Waals surface area contributed by atoms with Gasteiger partial charge in [-0.2, -0.15) is 5.10 Å². The van der Waals surface area contributed by atoms with Crippen molar-refractivity contribution in [2.24, 2.45) is 5.92 Å². The standard InChI is InChI=1S/C13H15BrN4O2/c14-10-5-15-12-11(6-16-18(12)7-10)13(20)17-3-1-9(8-19)2-4-17/h5-7,9,19H,1-4,8H2. The Morgan fingerprint density at radius 2 is 2.15 bits per heavy atom. The minimum Gasteiger partial charge on any atom is -0.396 e. The van der Waals surface area contributed by atoms with Gasteiger partial charge in [0.2, 0.25) is 0 Å². The number of fused-ring (bicyclic) bond motifs is 1. The van der Waals surface area contributed by atoms with Crippen LogP contribution in [0.4, 0.5) is 0 Å². The first kappa shape index (κ1) is 13.5. The van der Waals surface area contributed by atoms with Gasteiger partial charge in [-0.3, -0.25) is 4.79 Å². The van der Waals surface area contributed by atoms with Gasteiger partial charge in [0.15, 0.2) is 5.65 Å². The van der Waals surface area contributed by atoms with Crippen LogP contribution < -0.4 is 0 Å². The lowest BCUT2D eigenvalue weighted by Crippen LogP contribution is -2.39. The largest absolute Gasteiger partial charge is 0.396 e. The summed E-state index contributed by atoms with van der Waals surface area (Å²) in [7, 11) is 0. The molecule has 0 spiro atoms. The molecule has 1 saturated heterocycles. The molecule has 20 heavy (non-hydrogen) atoms. The summed E-state index contributed by atoms with van der Waals surface area (Å²) in [5.74, 6) is 0.281. The van der Waals surface area contributed by atoms with Crippen LogP contribution in [0.5, 0.6) is 0 Å². The number of carbonyl (C=O) groups excluding carboxylic acids is 1. The van der Waals surface area contributed by atoms with Gasteiger partial charge < -0.3 is 10.0 Å². The van der Waals surface area contributed by atoms with E-state index in [-0.39, 0.29) is 12.5 Å². The number of likely N-dealkylation sites (tertiary alicyclic amines) is 1. The number of rotatable bonds is 2. The van der Waals surface area contributed by atoms with Crippen molar-refractivity contribution in [2.75, 3.05) is 19.7 Å². The molecule has 3 heterocycles. The number of aliphatic hydroxyl groups excluding tert-OH is 1. The van der Waals surface area contributed by atoms with Crippen LogP contribution >= 0.6 is 15.9 Å². The fourth-order valence-corrected chi connectivity index (χ4v) is 2.79. The third-order valence-electron chi connectivity index (χ3n) is 3.72. The maximum atomic E-state index is 12.5. The summed E-state index contributed by atoms with van der Waals surface area (Å²) in [6.07, 6.45) is 6.69. The molecule has 0 aliphatic carbocycles. The molecule has 106 valence electrons. The average molecular weight is 339 g/mol. The molecule has 1 N–H and O–H groups in total. The minimum absolute atomic E-state index is 0.0359. The molecule has 0 radical (unpaired) electrons. The number of piperidine rings is 1. The number of amides is 1. The Kier molecular flexibility index (Phi) is 3.71. The number of aromatic nitrogens is 3. The number of halogens is 1. The molecule has 0 unspecified atom stereocenters. The Balaban J connectivity index is 1.82. The van der Waals surface area contributed by atoms with E-state index in [9.17, 15) is 4.79 Å². The Bertz CT molecular complexity index is 634. The topological polar surface area (TPSA) is 70.7 Å². The van der Waals surface area contributed by atoms with Crippen molar-refractivity contribution in [2.45, 2.75) is 12.8 Å². The number of hydrogen-bond acceptors (Lipinski definition) is 4. The second-order valence-corrected chi connectivity index (χ2v) is 5.93. The molecule has 0 atom stereocenters. The summed E-state index contributed by atoms with van der Waals surface area (Å²) in [6, 6.07) is 0. The highest BCUT2D eigenvalue weighted by molar-refractivity contribution is 9.10. The smallest absolute Gasteiger partial charge is 0.259 e. The van der Waals surface area contributed by atoms with Gasteiger partial charge in [-0.15, -0.1) is 0 Å². The summed E-state index contributed by atoms with van der Waals surface area (Å²) < 4.78 is 2.41. The molecule has 0 bridgehead atoms. The predicted molar refractivity (Wildman–Crippen MR) is 76.4 cm³/mol. The van der Waals surface area contributed by atoms with E-state index in [1.807, 2.05) is 4.90 Å². The summed E-state index contributed by atoms with van der Waals surface area (Å²) in [5.41, 5.74) is 1.10. The summed E-state index contributed by atoms with van der Waals surface area (Å²) in [6.45, 7) is 1.56. The Labute approximate surface area is 124 Å². The molecule has 0 aromatic carbocycles. The van der Waals surface area contributed by atoms with Crippen LogP contribution in [0.25, 0.3) is 5.65 Å². The lowest BCUT2D eigenvalue weighted by Gasteiger charge is -2.30. The van der Waals surface area contributed by atoms with Crippen molar-refractivity contribution in [1.29, 1.82) is 0 Å². The summed E-state index contributed by atoms with van der Waals surface area (Å²) in [5, 5.41) is 13.3. The normalized spacial score (nSPS) is 16.8. The van der Waals surface area contributed by atoms with Crippen molar-refractivity contribution >= 4 is 27.5 Å². The molecule has 7 heteroatoms. The number of carbonyl (C=O) groups is 1. The second-order valence-electron chi connectivity index (χ2n) is 5.02. The molecule has 1 amide bonds. The molecule has 0 saturated carbocycles. The van der Waals surface area contributed by atoms with Crippen molar-refractivity contribution in [1.82, 2.24) is 19.5 Å². The van der Waals surface area contributed by atoms with Gasteiger partial charge in [-0.25, -0.2) is 9.50 Å². The van der Waals surface area contributed by atoms with E-state index in [1.165, 1.54) is 0 Å². The van der Waals surface area contributed by atoms with Gasteiger partial charge in [0.25, 0.3) is 5.91 Å². The first-order valence-electron chi connectivity index (χ1n) is 6.58. The third kappa shape index (κ3) is 2.43. The Morgan fingerprint density at radius 3 is 2.85 bits per heavy atom. The van der Waals surface area contributed by atoms with Gasteiger partial charge >= 0.3 is 0 Å². The SMILES string of the molecule is O=C(c1cnn2cc(Br)cnc12)N1CCC(CO)CC1. The monoisotopic (exact) mass is 338 g/mol. The zero-order valence-corrected chi connectivity index (χ0v) is 12.5. The zero-order valence-electron chi connectivity index (χ0n) is 10.9. The summed E-state index contributed by atoms with van der Waals surface area (Å²) >= 11 is 3.33. The highest BCUT2D eigenvalue weighted by Crippen LogP contribution is 2.20. The number of aliphatic hydroxyl groups is 1. The number of hydrogen-bond donors (Lipinski definition) is 1. The predicted octanol–water partition coefficient (Wildman–Crippen LogP) is 1.34. The highest BCUT2D eigenvalue weighted by Gasteiger charge is 2.25. The first-order chi connectivity index (χ1) is 9.69. The molecular weight excluding hydrogens is 324 g/mol. The molecule has 6 nitrogen and oxygen atoms in total. The van der Waals surface area contributed by atoms with E-state index < -0.39 is 0 Å². The van der Waals surface area contributed by atoms with Crippen LogP contribution in [0, 0.1) is 5.92 Å². The van der Waals surface area contributed by atoms with Crippen LogP contribution in [0.3, 0.4) is 0 Å². The summed E-state index contributed by atoms with van der Waals surface area (Å²) in [4.78, 5) is 18.6. The van der Waals surface area contributed by atoms with E-state index in [0.29, 0.717) is 30.2 Å². The van der Waals surface area contributed by atoms with Crippen LogP contribution in [0.15, 0.2) is 23.1 Å². The quantitative estimate of drug-likeness (QED) is 0.896. The Hall–Kier alpha value is -1.47. The lowest BCUT2D eigenvalue weighted by atomic mass is 9.97. The van der Waals surface area contributed by atoms with Gasteiger partial charge in [0.1, 0.15) is 5.56 Å². The average Bonchev–Trinajstić information content (AvgIpc) is 2.89. The zero-order chi connectivity index (χ0) is 14.1. The molecule has 2 aromatic heterocycles. The van der Waals surface area contributed by atoms with Crippen LogP contribution in [-0.2, 0) is 0 Å². The van der Waals surface area contributed by atoms with Crippen molar-refractivity contribution in [3.05, 3.63) is 28.6 Å². The highest BCUT2D eigenvalue weighted by atomic mass is 79.9. The maximum absolute atomic E-state index is 12.5. The fourth-order valence-electron chi connectivity index (χ4n) is 2.49. The molecular formula is C13H15BrN4O2. The maximum Gasteiger partial charge on any atom is 0.259 e. The Morgan fingerprint density at radius 1 is 1.40 bits per heavy atom. The molecule has 1 aliphatic heterocycles.